The lowest BCUT2D eigenvalue weighted by Crippen LogP contribution is -2.08. The Kier molecular flexibility index (Phi) is 3.93. The Labute approximate surface area is 113 Å². The maximum atomic E-state index is 13.1. The number of para-hydroxylation sites is 1. The van der Waals surface area contributed by atoms with Crippen LogP contribution in [0.2, 0.25) is 0 Å². The summed E-state index contributed by atoms with van der Waals surface area (Å²) < 4.78 is 14.2. The summed E-state index contributed by atoms with van der Waals surface area (Å²) in [7, 11) is 0. The predicted octanol–water partition coefficient (Wildman–Crippen LogP) is 4.00. The van der Waals surface area contributed by atoms with Crippen LogP contribution in [0.4, 0.5) is 10.1 Å². The molecule has 1 aromatic carbocycles. The Morgan fingerprint density at radius 1 is 1.29 bits per heavy atom. The van der Waals surface area contributed by atoms with Crippen LogP contribution in [0, 0.1) is 9.39 Å². The Morgan fingerprint density at radius 3 is 2.76 bits per heavy atom. The van der Waals surface area contributed by atoms with Crippen LogP contribution in [0.25, 0.3) is 0 Å². The number of halogens is 2. The smallest absolute Gasteiger partial charge is 0.141 e. The molecule has 0 aliphatic rings. The van der Waals surface area contributed by atoms with Crippen molar-refractivity contribution in [3.05, 3.63) is 57.7 Å². The molecule has 2 aromatic rings. The molecule has 1 aromatic heterocycles. The van der Waals surface area contributed by atoms with Gasteiger partial charge in [-0.05, 0) is 53.3 Å². The third kappa shape index (κ3) is 3.15. The number of hydrogen-bond donors (Lipinski definition) is 1. The van der Waals surface area contributed by atoms with Gasteiger partial charge in [0.25, 0.3) is 0 Å². The van der Waals surface area contributed by atoms with Crippen LogP contribution in [-0.4, -0.2) is 4.98 Å². The molecule has 1 unspecified atom stereocenters. The molecule has 0 aliphatic carbocycles. The fraction of sp³-hybridized carbons (Fsp3) is 0.154. The lowest BCUT2D eigenvalue weighted by atomic mass is 10.1. The van der Waals surface area contributed by atoms with Crippen molar-refractivity contribution in [2.75, 3.05) is 5.32 Å². The van der Waals surface area contributed by atoms with Gasteiger partial charge >= 0.3 is 0 Å². The SMILES string of the molecule is CC(Nc1ccccc1I)c1cncc(F)c1. The van der Waals surface area contributed by atoms with Crippen LogP contribution in [0.15, 0.2) is 42.7 Å². The Hall–Kier alpha value is -1.17. The topological polar surface area (TPSA) is 24.9 Å². The molecule has 0 spiro atoms. The first-order valence-electron chi connectivity index (χ1n) is 5.28. The van der Waals surface area contributed by atoms with Crippen LogP contribution in [0.1, 0.15) is 18.5 Å². The van der Waals surface area contributed by atoms with E-state index in [0.717, 1.165) is 14.8 Å². The highest BCUT2D eigenvalue weighted by molar-refractivity contribution is 14.1. The van der Waals surface area contributed by atoms with Gasteiger partial charge in [-0.25, -0.2) is 4.39 Å². The minimum atomic E-state index is -0.307. The number of hydrogen-bond acceptors (Lipinski definition) is 2. The summed E-state index contributed by atoms with van der Waals surface area (Å²) in [4.78, 5) is 3.85. The van der Waals surface area contributed by atoms with E-state index in [9.17, 15) is 4.39 Å². The number of pyridine rings is 1. The molecule has 1 atom stereocenters. The summed E-state index contributed by atoms with van der Waals surface area (Å²) in [6.07, 6.45) is 2.89. The second kappa shape index (κ2) is 5.44. The second-order valence-electron chi connectivity index (χ2n) is 3.78. The average molecular weight is 342 g/mol. The van der Waals surface area contributed by atoms with Gasteiger partial charge in [0.1, 0.15) is 5.82 Å². The molecule has 1 N–H and O–H groups in total. The average Bonchev–Trinajstić information content (AvgIpc) is 2.32. The number of rotatable bonds is 3. The standard InChI is InChI=1S/C13H12FIN2/c1-9(10-6-11(14)8-16-7-10)17-13-5-3-2-4-12(13)15/h2-9,17H,1H3. The highest BCUT2D eigenvalue weighted by Crippen LogP contribution is 2.23. The highest BCUT2D eigenvalue weighted by Gasteiger charge is 2.08. The first-order chi connectivity index (χ1) is 8.16. The van der Waals surface area contributed by atoms with Gasteiger partial charge in [0.2, 0.25) is 0 Å². The predicted molar refractivity (Wildman–Crippen MR) is 75.4 cm³/mol. The van der Waals surface area contributed by atoms with Crippen LogP contribution in [0.5, 0.6) is 0 Å². The van der Waals surface area contributed by atoms with Crippen molar-refractivity contribution in [2.45, 2.75) is 13.0 Å². The molecule has 4 heteroatoms. The normalized spacial score (nSPS) is 12.2. The number of anilines is 1. The molecule has 0 fully saturated rings. The van der Waals surface area contributed by atoms with Gasteiger partial charge in [0, 0.05) is 15.5 Å². The molecule has 0 bridgehead atoms. The van der Waals surface area contributed by atoms with E-state index in [-0.39, 0.29) is 11.9 Å². The molecule has 2 nitrogen and oxygen atoms in total. The van der Waals surface area contributed by atoms with E-state index in [1.54, 1.807) is 6.20 Å². The maximum absolute atomic E-state index is 13.1. The van der Waals surface area contributed by atoms with Crippen molar-refractivity contribution in [1.82, 2.24) is 4.98 Å². The third-order valence-electron chi connectivity index (χ3n) is 2.47. The van der Waals surface area contributed by atoms with Crippen molar-refractivity contribution in [2.24, 2.45) is 0 Å². The first-order valence-corrected chi connectivity index (χ1v) is 6.36. The van der Waals surface area contributed by atoms with E-state index >= 15 is 0 Å². The number of nitrogens with one attached hydrogen (secondary N) is 1. The third-order valence-corrected chi connectivity index (χ3v) is 3.41. The molecule has 1 heterocycles. The van der Waals surface area contributed by atoms with Crippen LogP contribution in [-0.2, 0) is 0 Å². The van der Waals surface area contributed by atoms with E-state index in [4.69, 9.17) is 0 Å². The summed E-state index contributed by atoms with van der Waals surface area (Å²) >= 11 is 2.27. The van der Waals surface area contributed by atoms with Crippen molar-refractivity contribution in [3.8, 4) is 0 Å². The zero-order chi connectivity index (χ0) is 12.3. The van der Waals surface area contributed by atoms with Crippen LogP contribution >= 0.6 is 22.6 Å². The Bertz CT molecular complexity index is 516. The summed E-state index contributed by atoms with van der Waals surface area (Å²) in [5.41, 5.74) is 1.88. The molecule has 0 saturated carbocycles. The highest BCUT2D eigenvalue weighted by atomic mass is 127. The largest absolute Gasteiger partial charge is 0.378 e. The van der Waals surface area contributed by atoms with Gasteiger partial charge in [-0.15, -0.1) is 0 Å². The van der Waals surface area contributed by atoms with E-state index in [1.807, 2.05) is 31.2 Å². The van der Waals surface area contributed by atoms with Gasteiger partial charge in [-0.2, -0.15) is 0 Å². The number of benzene rings is 1. The zero-order valence-electron chi connectivity index (χ0n) is 9.32. The minimum Gasteiger partial charge on any atom is -0.378 e. The van der Waals surface area contributed by atoms with Gasteiger partial charge in [0.15, 0.2) is 0 Å². The van der Waals surface area contributed by atoms with E-state index in [1.165, 1.54) is 12.3 Å². The minimum absolute atomic E-state index is 0.0223. The van der Waals surface area contributed by atoms with Crippen molar-refractivity contribution < 1.29 is 4.39 Å². The summed E-state index contributed by atoms with van der Waals surface area (Å²) in [6.45, 7) is 1.99. The molecule has 0 saturated heterocycles. The van der Waals surface area contributed by atoms with Crippen molar-refractivity contribution >= 4 is 28.3 Å². The van der Waals surface area contributed by atoms with E-state index in [2.05, 4.69) is 32.9 Å². The molecule has 2 rings (SSSR count). The fourth-order valence-electron chi connectivity index (χ4n) is 1.56. The molecule has 17 heavy (non-hydrogen) atoms. The quantitative estimate of drug-likeness (QED) is 0.853. The van der Waals surface area contributed by atoms with Crippen molar-refractivity contribution in [1.29, 1.82) is 0 Å². The fourth-order valence-corrected chi connectivity index (χ4v) is 2.10. The van der Waals surface area contributed by atoms with E-state index < -0.39 is 0 Å². The van der Waals surface area contributed by atoms with Gasteiger partial charge in [-0.3, -0.25) is 4.98 Å². The van der Waals surface area contributed by atoms with Gasteiger partial charge < -0.3 is 5.32 Å². The number of nitrogens with zero attached hydrogens (tertiary/aromatic N) is 1. The summed E-state index contributed by atoms with van der Waals surface area (Å²) in [6, 6.07) is 9.52. The van der Waals surface area contributed by atoms with Crippen LogP contribution in [0.3, 0.4) is 0 Å². The summed E-state index contributed by atoms with van der Waals surface area (Å²) in [5, 5.41) is 3.34. The summed E-state index contributed by atoms with van der Waals surface area (Å²) in [5.74, 6) is -0.307. The Balaban J connectivity index is 2.17. The molecular formula is C13H12FIN2. The lowest BCUT2D eigenvalue weighted by molar-refractivity contribution is 0.616. The monoisotopic (exact) mass is 342 g/mol. The molecule has 88 valence electrons. The maximum Gasteiger partial charge on any atom is 0.141 e. The second-order valence-corrected chi connectivity index (χ2v) is 4.94. The lowest BCUT2D eigenvalue weighted by Gasteiger charge is -2.16. The Morgan fingerprint density at radius 2 is 2.06 bits per heavy atom. The van der Waals surface area contributed by atoms with Gasteiger partial charge in [-0.1, -0.05) is 12.1 Å². The zero-order valence-corrected chi connectivity index (χ0v) is 11.5. The molecule has 0 amide bonds. The molecule has 0 aliphatic heterocycles. The number of aromatic nitrogens is 1. The van der Waals surface area contributed by atoms with Gasteiger partial charge in [0.05, 0.1) is 12.2 Å². The molecular weight excluding hydrogens is 330 g/mol. The van der Waals surface area contributed by atoms with Crippen molar-refractivity contribution in [3.63, 3.8) is 0 Å². The van der Waals surface area contributed by atoms with E-state index in [0.29, 0.717) is 0 Å². The molecule has 0 radical (unpaired) electrons. The first kappa shape index (κ1) is 12.3. The van der Waals surface area contributed by atoms with Crippen LogP contribution < -0.4 is 5.32 Å².